The molecule has 2 aromatic rings. The number of nitrogens with zero attached hydrogens (tertiary/aromatic N) is 1. The monoisotopic (exact) mass is 340 g/mol. The molecule has 5 heteroatoms. The second-order valence-corrected chi connectivity index (χ2v) is 5.50. The fourth-order valence-electron chi connectivity index (χ4n) is 1.69. The van der Waals surface area contributed by atoms with Gasteiger partial charge in [-0.1, -0.05) is 27.5 Å². The van der Waals surface area contributed by atoms with Gasteiger partial charge in [-0.3, -0.25) is 0 Å². The van der Waals surface area contributed by atoms with E-state index in [1.807, 2.05) is 25.1 Å². The molecule has 19 heavy (non-hydrogen) atoms. The Hall–Kier alpha value is -1.10. The van der Waals surface area contributed by atoms with E-state index in [4.69, 9.17) is 22.1 Å². The van der Waals surface area contributed by atoms with Gasteiger partial charge in [-0.15, -0.1) is 0 Å². The Kier molecular flexibility index (Phi) is 4.80. The highest BCUT2D eigenvalue weighted by atomic mass is 79.9. The third kappa shape index (κ3) is 3.69. The van der Waals surface area contributed by atoms with Gasteiger partial charge in [-0.05, 0) is 49.7 Å². The van der Waals surface area contributed by atoms with E-state index >= 15 is 0 Å². The summed E-state index contributed by atoms with van der Waals surface area (Å²) < 4.78 is 6.66. The molecule has 0 unspecified atom stereocenters. The zero-order valence-electron chi connectivity index (χ0n) is 10.5. The minimum Gasteiger partial charge on any atom is -0.437 e. The molecule has 1 aromatic heterocycles. The number of aryl methyl sites for hydroxylation is 1. The number of nitrogens with two attached hydrogens (primary N) is 1. The van der Waals surface area contributed by atoms with Gasteiger partial charge in [0.2, 0.25) is 5.88 Å². The van der Waals surface area contributed by atoms with Gasteiger partial charge in [0.15, 0.2) is 0 Å². The van der Waals surface area contributed by atoms with E-state index < -0.39 is 0 Å². The van der Waals surface area contributed by atoms with Crippen molar-refractivity contribution in [2.75, 3.05) is 6.54 Å². The predicted molar refractivity (Wildman–Crippen MR) is 81.0 cm³/mol. The molecule has 1 aromatic carbocycles. The Morgan fingerprint density at radius 3 is 2.84 bits per heavy atom. The van der Waals surface area contributed by atoms with E-state index in [9.17, 15) is 0 Å². The smallest absolute Gasteiger partial charge is 0.222 e. The number of pyridine rings is 1. The standard InChI is InChI=1S/C14H14BrClN2O/c1-9-6-10(4-5-17)8-18-14(9)19-13-7-11(15)2-3-12(13)16/h2-3,6-8H,4-5,17H2,1H3. The van der Waals surface area contributed by atoms with Crippen LogP contribution >= 0.6 is 27.5 Å². The van der Waals surface area contributed by atoms with Crippen molar-refractivity contribution in [2.24, 2.45) is 5.73 Å². The van der Waals surface area contributed by atoms with Crippen LogP contribution in [-0.2, 0) is 6.42 Å². The number of hydrogen-bond donors (Lipinski definition) is 1. The summed E-state index contributed by atoms with van der Waals surface area (Å²) in [6, 6.07) is 7.48. The molecular formula is C14H14BrClN2O. The number of hydrogen-bond acceptors (Lipinski definition) is 3. The zero-order valence-corrected chi connectivity index (χ0v) is 12.8. The highest BCUT2D eigenvalue weighted by Gasteiger charge is 2.08. The molecule has 2 rings (SSSR count). The van der Waals surface area contributed by atoms with E-state index in [0.717, 1.165) is 22.0 Å². The summed E-state index contributed by atoms with van der Waals surface area (Å²) in [6.45, 7) is 2.56. The zero-order chi connectivity index (χ0) is 13.8. The molecule has 0 bridgehead atoms. The molecule has 0 saturated heterocycles. The molecule has 2 N–H and O–H groups in total. The van der Waals surface area contributed by atoms with Crippen molar-refractivity contribution in [1.82, 2.24) is 4.98 Å². The van der Waals surface area contributed by atoms with Crippen molar-refractivity contribution in [1.29, 1.82) is 0 Å². The molecule has 1 heterocycles. The number of aromatic nitrogens is 1. The Labute approximate surface area is 125 Å². The second-order valence-electron chi connectivity index (χ2n) is 4.18. The molecule has 0 radical (unpaired) electrons. The first-order chi connectivity index (χ1) is 9.10. The number of halogens is 2. The average molecular weight is 342 g/mol. The van der Waals surface area contributed by atoms with Crippen LogP contribution in [-0.4, -0.2) is 11.5 Å². The minimum absolute atomic E-state index is 0.551. The van der Waals surface area contributed by atoms with Crippen molar-refractivity contribution in [3.05, 3.63) is 51.1 Å². The first-order valence-electron chi connectivity index (χ1n) is 5.88. The Morgan fingerprint density at radius 1 is 1.37 bits per heavy atom. The molecule has 0 aliphatic carbocycles. The van der Waals surface area contributed by atoms with Crippen LogP contribution in [0.4, 0.5) is 0 Å². The first-order valence-corrected chi connectivity index (χ1v) is 7.05. The summed E-state index contributed by atoms with van der Waals surface area (Å²) in [5, 5.41) is 0.551. The summed E-state index contributed by atoms with van der Waals surface area (Å²) in [5.74, 6) is 1.14. The lowest BCUT2D eigenvalue weighted by molar-refractivity contribution is 0.458. The Morgan fingerprint density at radius 2 is 2.16 bits per heavy atom. The van der Waals surface area contributed by atoms with Crippen LogP contribution in [0.25, 0.3) is 0 Å². The normalized spacial score (nSPS) is 10.5. The van der Waals surface area contributed by atoms with Crippen molar-refractivity contribution in [3.63, 3.8) is 0 Å². The van der Waals surface area contributed by atoms with Gasteiger partial charge in [-0.25, -0.2) is 4.98 Å². The molecule has 0 aliphatic rings. The third-order valence-electron chi connectivity index (χ3n) is 2.62. The van der Waals surface area contributed by atoms with E-state index in [0.29, 0.717) is 23.2 Å². The maximum Gasteiger partial charge on any atom is 0.222 e. The predicted octanol–water partition coefficient (Wildman–Crippen LogP) is 4.10. The average Bonchev–Trinajstić information content (AvgIpc) is 2.37. The van der Waals surface area contributed by atoms with Crippen LogP contribution in [0.3, 0.4) is 0 Å². The molecule has 0 amide bonds. The van der Waals surface area contributed by atoms with Crippen LogP contribution in [0.1, 0.15) is 11.1 Å². The quantitative estimate of drug-likeness (QED) is 0.911. The lowest BCUT2D eigenvalue weighted by Crippen LogP contribution is -2.03. The number of benzene rings is 1. The first kappa shape index (κ1) is 14.3. The van der Waals surface area contributed by atoms with Gasteiger partial charge in [0, 0.05) is 16.2 Å². The SMILES string of the molecule is Cc1cc(CCN)cnc1Oc1cc(Br)ccc1Cl. The fraction of sp³-hybridized carbons (Fsp3) is 0.214. The van der Waals surface area contributed by atoms with Crippen LogP contribution in [0.5, 0.6) is 11.6 Å². The molecule has 100 valence electrons. The van der Waals surface area contributed by atoms with Gasteiger partial charge < -0.3 is 10.5 Å². The van der Waals surface area contributed by atoms with Crippen molar-refractivity contribution in [3.8, 4) is 11.6 Å². The summed E-state index contributed by atoms with van der Waals surface area (Å²) in [5.41, 5.74) is 7.59. The van der Waals surface area contributed by atoms with Crippen LogP contribution in [0.2, 0.25) is 5.02 Å². The van der Waals surface area contributed by atoms with E-state index in [1.54, 1.807) is 12.3 Å². The van der Waals surface area contributed by atoms with Gasteiger partial charge in [0.25, 0.3) is 0 Å². The Bertz CT molecular complexity index is 590. The highest BCUT2D eigenvalue weighted by Crippen LogP contribution is 2.32. The maximum absolute atomic E-state index is 6.09. The van der Waals surface area contributed by atoms with Crippen molar-refractivity contribution in [2.45, 2.75) is 13.3 Å². The second kappa shape index (κ2) is 6.37. The maximum atomic E-state index is 6.09. The topological polar surface area (TPSA) is 48.1 Å². The lowest BCUT2D eigenvalue weighted by Gasteiger charge is -2.10. The largest absolute Gasteiger partial charge is 0.437 e. The molecule has 0 atom stereocenters. The fourth-order valence-corrected chi connectivity index (χ4v) is 2.19. The van der Waals surface area contributed by atoms with Gasteiger partial charge in [0.1, 0.15) is 5.75 Å². The summed E-state index contributed by atoms with van der Waals surface area (Å²) in [7, 11) is 0. The Balaban J connectivity index is 2.25. The van der Waals surface area contributed by atoms with Crippen LogP contribution in [0, 0.1) is 6.92 Å². The summed E-state index contributed by atoms with van der Waals surface area (Å²) in [4.78, 5) is 4.31. The molecular weight excluding hydrogens is 328 g/mol. The molecule has 0 aliphatic heterocycles. The lowest BCUT2D eigenvalue weighted by atomic mass is 10.1. The van der Waals surface area contributed by atoms with Gasteiger partial charge >= 0.3 is 0 Å². The van der Waals surface area contributed by atoms with Crippen molar-refractivity contribution < 1.29 is 4.74 Å². The highest BCUT2D eigenvalue weighted by molar-refractivity contribution is 9.10. The van der Waals surface area contributed by atoms with E-state index in [-0.39, 0.29) is 0 Å². The van der Waals surface area contributed by atoms with Crippen molar-refractivity contribution >= 4 is 27.5 Å². The summed E-state index contributed by atoms with van der Waals surface area (Å²) >= 11 is 9.48. The van der Waals surface area contributed by atoms with E-state index in [2.05, 4.69) is 20.9 Å². The molecule has 0 fully saturated rings. The third-order valence-corrected chi connectivity index (χ3v) is 3.43. The minimum atomic E-state index is 0.551. The molecule has 3 nitrogen and oxygen atoms in total. The number of rotatable bonds is 4. The summed E-state index contributed by atoms with van der Waals surface area (Å²) in [6.07, 6.45) is 2.59. The molecule has 0 spiro atoms. The number of ether oxygens (including phenoxy) is 1. The van der Waals surface area contributed by atoms with Crippen LogP contribution < -0.4 is 10.5 Å². The van der Waals surface area contributed by atoms with Gasteiger partial charge in [-0.2, -0.15) is 0 Å². The van der Waals surface area contributed by atoms with E-state index in [1.165, 1.54) is 0 Å². The van der Waals surface area contributed by atoms with Gasteiger partial charge in [0.05, 0.1) is 5.02 Å². The van der Waals surface area contributed by atoms with Crippen LogP contribution in [0.15, 0.2) is 34.9 Å². The molecule has 0 saturated carbocycles.